The first kappa shape index (κ1) is 20.3. The standard InChI is InChI=1S/C25H24O4/c1-4-28-24(26)22-14-21(15-23(16-22)25(27)29-5-2)20-12-10-19(11-13-20)18-8-6-17(3)7-9-18/h6-16H,4-5H2,1-3H3. The summed E-state index contributed by atoms with van der Waals surface area (Å²) in [5, 5.41) is 0. The smallest absolute Gasteiger partial charge is 0.338 e. The fourth-order valence-electron chi connectivity index (χ4n) is 3.06. The van der Waals surface area contributed by atoms with Gasteiger partial charge in [0.05, 0.1) is 24.3 Å². The molecule has 0 fully saturated rings. The van der Waals surface area contributed by atoms with Gasteiger partial charge in [0.1, 0.15) is 0 Å². The van der Waals surface area contributed by atoms with Gasteiger partial charge in [-0.05, 0) is 61.2 Å². The Morgan fingerprint density at radius 3 is 1.41 bits per heavy atom. The highest BCUT2D eigenvalue weighted by Gasteiger charge is 2.15. The van der Waals surface area contributed by atoms with Crippen molar-refractivity contribution < 1.29 is 19.1 Å². The van der Waals surface area contributed by atoms with Gasteiger partial charge in [-0.3, -0.25) is 0 Å². The van der Waals surface area contributed by atoms with E-state index in [2.05, 4.69) is 31.2 Å². The Balaban J connectivity index is 1.98. The minimum Gasteiger partial charge on any atom is -0.462 e. The first-order valence-corrected chi connectivity index (χ1v) is 9.68. The maximum absolute atomic E-state index is 12.3. The minimum atomic E-state index is -0.462. The molecule has 3 rings (SSSR count). The van der Waals surface area contributed by atoms with Crippen LogP contribution in [0.15, 0.2) is 66.7 Å². The van der Waals surface area contributed by atoms with Gasteiger partial charge in [0, 0.05) is 0 Å². The SMILES string of the molecule is CCOC(=O)c1cc(C(=O)OCC)cc(-c2ccc(-c3ccc(C)cc3)cc2)c1. The lowest BCUT2D eigenvalue weighted by molar-refractivity contribution is 0.0525. The summed E-state index contributed by atoms with van der Waals surface area (Å²) in [6.07, 6.45) is 0. The summed E-state index contributed by atoms with van der Waals surface area (Å²) in [7, 11) is 0. The average Bonchev–Trinajstić information content (AvgIpc) is 2.74. The van der Waals surface area contributed by atoms with Crippen molar-refractivity contribution in [1.29, 1.82) is 0 Å². The number of aryl methyl sites for hydroxylation is 1. The topological polar surface area (TPSA) is 52.6 Å². The number of hydrogen-bond donors (Lipinski definition) is 0. The molecule has 3 aromatic rings. The second kappa shape index (κ2) is 9.20. The zero-order valence-corrected chi connectivity index (χ0v) is 16.9. The highest BCUT2D eigenvalue weighted by Crippen LogP contribution is 2.27. The lowest BCUT2D eigenvalue weighted by Gasteiger charge is -2.10. The van der Waals surface area contributed by atoms with Crippen LogP contribution in [0, 0.1) is 6.92 Å². The summed E-state index contributed by atoms with van der Waals surface area (Å²) in [6, 6.07) is 21.3. The molecule has 0 saturated heterocycles. The summed E-state index contributed by atoms with van der Waals surface area (Å²) in [5.74, 6) is -0.924. The molecule has 0 aliphatic rings. The number of carbonyl (C=O) groups excluding carboxylic acids is 2. The van der Waals surface area contributed by atoms with E-state index in [0.29, 0.717) is 11.1 Å². The molecule has 0 aliphatic carbocycles. The quantitative estimate of drug-likeness (QED) is 0.510. The second-order valence-corrected chi connectivity index (χ2v) is 6.68. The predicted molar refractivity (Wildman–Crippen MR) is 114 cm³/mol. The van der Waals surface area contributed by atoms with E-state index in [1.54, 1.807) is 26.0 Å². The molecule has 0 unspecified atom stereocenters. The maximum atomic E-state index is 12.3. The largest absolute Gasteiger partial charge is 0.462 e. The Bertz CT molecular complexity index is 966. The van der Waals surface area contributed by atoms with Gasteiger partial charge in [0.25, 0.3) is 0 Å². The van der Waals surface area contributed by atoms with Gasteiger partial charge in [0.15, 0.2) is 0 Å². The lowest BCUT2D eigenvalue weighted by Crippen LogP contribution is -2.09. The first-order valence-electron chi connectivity index (χ1n) is 9.68. The molecule has 4 nitrogen and oxygen atoms in total. The van der Waals surface area contributed by atoms with E-state index >= 15 is 0 Å². The first-order chi connectivity index (χ1) is 14.0. The summed E-state index contributed by atoms with van der Waals surface area (Å²) < 4.78 is 10.2. The van der Waals surface area contributed by atoms with Gasteiger partial charge in [-0.15, -0.1) is 0 Å². The molecule has 4 heteroatoms. The fourth-order valence-corrected chi connectivity index (χ4v) is 3.06. The van der Waals surface area contributed by atoms with Crippen molar-refractivity contribution in [3.05, 3.63) is 83.4 Å². The van der Waals surface area contributed by atoms with Crippen LogP contribution < -0.4 is 0 Å². The van der Waals surface area contributed by atoms with Crippen molar-refractivity contribution in [2.45, 2.75) is 20.8 Å². The molecule has 0 heterocycles. The third kappa shape index (κ3) is 4.91. The van der Waals surface area contributed by atoms with Crippen molar-refractivity contribution >= 4 is 11.9 Å². The maximum Gasteiger partial charge on any atom is 0.338 e. The molecule has 0 bridgehead atoms. The third-order valence-corrected chi connectivity index (χ3v) is 4.56. The van der Waals surface area contributed by atoms with E-state index in [-0.39, 0.29) is 13.2 Å². The Kier molecular flexibility index (Phi) is 6.45. The summed E-state index contributed by atoms with van der Waals surface area (Å²) in [6.45, 7) is 6.09. The predicted octanol–water partition coefficient (Wildman–Crippen LogP) is 5.68. The zero-order chi connectivity index (χ0) is 20.8. The number of carbonyl (C=O) groups is 2. The number of esters is 2. The normalized spacial score (nSPS) is 10.4. The van der Waals surface area contributed by atoms with Crippen LogP contribution in [0.5, 0.6) is 0 Å². The Hall–Kier alpha value is -3.40. The van der Waals surface area contributed by atoms with E-state index in [0.717, 1.165) is 22.3 Å². The highest BCUT2D eigenvalue weighted by atomic mass is 16.5. The second-order valence-electron chi connectivity index (χ2n) is 6.68. The van der Waals surface area contributed by atoms with Gasteiger partial charge in [0.2, 0.25) is 0 Å². The zero-order valence-electron chi connectivity index (χ0n) is 16.9. The van der Waals surface area contributed by atoms with E-state index in [9.17, 15) is 9.59 Å². The van der Waals surface area contributed by atoms with Crippen LogP contribution in [-0.4, -0.2) is 25.2 Å². The summed E-state index contributed by atoms with van der Waals surface area (Å²) in [4.78, 5) is 24.5. The lowest BCUT2D eigenvalue weighted by atomic mass is 9.97. The van der Waals surface area contributed by atoms with Crippen molar-refractivity contribution in [2.75, 3.05) is 13.2 Å². The summed E-state index contributed by atoms with van der Waals surface area (Å²) in [5.41, 5.74) is 5.76. The molecule has 0 aliphatic heterocycles. The number of hydrogen-bond acceptors (Lipinski definition) is 4. The van der Waals surface area contributed by atoms with E-state index in [1.165, 1.54) is 11.6 Å². The van der Waals surface area contributed by atoms with Crippen molar-refractivity contribution in [1.82, 2.24) is 0 Å². The molecule has 0 aromatic heterocycles. The van der Waals surface area contributed by atoms with Gasteiger partial charge >= 0.3 is 11.9 Å². The third-order valence-electron chi connectivity index (χ3n) is 4.56. The molecular formula is C25H24O4. The molecule has 0 saturated carbocycles. The van der Waals surface area contributed by atoms with Gasteiger partial charge in [-0.25, -0.2) is 9.59 Å². The van der Waals surface area contributed by atoms with Crippen molar-refractivity contribution in [2.24, 2.45) is 0 Å². The number of rotatable bonds is 6. The van der Waals surface area contributed by atoms with Gasteiger partial charge < -0.3 is 9.47 Å². The van der Waals surface area contributed by atoms with Crippen LogP contribution in [-0.2, 0) is 9.47 Å². The molecule has 29 heavy (non-hydrogen) atoms. The van der Waals surface area contributed by atoms with Gasteiger partial charge in [-0.2, -0.15) is 0 Å². The summed E-state index contributed by atoms with van der Waals surface area (Å²) >= 11 is 0. The van der Waals surface area contributed by atoms with Crippen LogP contribution in [0.2, 0.25) is 0 Å². The Morgan fingerprint density at radius 2 is 1.00 bits per heavy atom. The number of ether oxygens (including phenoxy) is 2. The monoisotopic (exact) mass is 388 g/mol. The highest BCUT2D eigenvalue weighted by molar-refractivity contribution is 5.97. The van der Waals surface area contributed by atoms with Crippen LogP contribution in [0.4, 0.5) is 0 Å². The van der Waals surface area contributed by atoms with Crippen molar-refractivity contribution in [3.63, 3.8) is 0 Å². The van der Waals surface area contributed by atoms with E-state index in [4.69, 9.17) is 9.47 Å². The van der Waals surface area contributed by atoms with Crippen LogP contribution in [0.3, 0.4) is 0 Å². The Morgan fingerprint density at radius 1 is 0.621 bits per heavy atom. The van der Waals surface area contributed by atoms with Gasteiger partial charge in [-0.1, -0.05) is 54.1 Å². The molecule has 0 amide bonds. The fraction of sp³-hybridized carbons (Fsp3) is 0.200. The molecule has 148 valence electrons. The molecule has 0 atom stereocenters. The van der Waals surface area contributed by atoms with E-state index in [1.807, 2.05) is 24.3 Å². The molecular weight excluding hydrogens is 364 g/mol. The molecule has 0 N–H and O–H groups in total. The molecule has 3 aromatic carbocycles. The van der Waals surface area contributed by atoms with Crippen LogP contribution in [0.1, 0.15) is 40.1 Å². The minimum absolute atomic E-state index is 0.267. The van der Waals surface area contributed by atoms with Crippen LogP contribution in [0.25, 0.3) is 22.3 Å². The van der Waals surface area contributed by atoms with Crippen LogP contribution >= 0.6 is 0 Å². The Labute approximate surface area is 171 Å². The average molecular weight is 388 g/mol. The van der Waals surface area contributed by atoms with E-state index < -0.39 is 11.9 Å². The molecule has 0 radical (unpaired) electrons. The number of benzene rings is 3. The molecule has 0 spiro atoms. The van der Waals surface area contributed by atoms with Crippen molar-refractivity contribution in [3.8, 4) is 22.3 Å².